The van der Waals surface area contributed by atoms with Gasteiger partial charge in [-0.3, -0.25) is 9.59 Å². The average Bonchev–Trinajstić information content (AvgIpc) is 3.02. The summed E-state index contributed by atoms with van der Waals surface area (Å²) in [6.07, 6.45) is 2.94. The van der Waals surface area contributed by atoms with Crippen LogP contribution in [0.1, 0.15) is 37.2 Å². The number of aryl methyl sites for hydroxylation is 1. The summed E-state index contributed by atoms with van der Waals surface area (Å²) in [6.45, 7) is 5.35. The molecule has 1 aromatic heterocycles. The number of hydrogen-bond acceptors (Lipinski definition) is 2. The van der Waals surface area contributed by atoms with Crippen molar-refractivity contribution in [3.63, 3.8) is 0 Å². The van der Waals surface area contributed by atoms with Crippen molar-refractivity contribution in [2.75, 3.05) is 13.1 Å². The molecule has 1 aliphatic heterocycles. The van der Waals surface area contributed by atoms with E-state index in [0.717, 1.165) is 4.47 Å². The smallest absolute Gasteiger partial charge is 0.311 e. The molecule has 20 heavy (non-hydrogen) atoms. The van der Waals surface area contributed by atoms with Crippen LogP contribution >= 0.6 is 15.9 Å². The molecule has 2 heterocycles. The number of aliphatic carboxylic acids is 1. The van der Waals surface area contributed by atoms with E-state index < -0.39 is 11.4 Å². The molecule has 1 fully saturated rings. The highest BCUT2D eigenvalue weighted by atomic mass is 79.9. The molecule has 0 radical (unpaired) electrons. The molecule has 1 amide bonds. The normalized spacial score (nSPS) is 22.2. The van der Waals surface area contributed by atoms with Crippen LogP contribution < -0.4 is 0 Å². The maximum absolute atomic E-state index is 12.6. The summed E-state index contributed by atoms with van der Waals surface area (Å²) < 4.78 is 2.74. The van der Waals surface area contributed by atoms with E-state index in [2.05, 4.69) is 15.9 Å². The van der Waals surface area contributed by atoms with Gasteiger partial charge >= 0.3 is 5.97 Å². The van der Waals surface area contributed by atoms with Crippen molar-refractivity contribution in [1.82, 2.24) is 9.47 Å². The third-order valence-electron chi connectivity index (χ3n) is 4.19. The molecule has 1 atom stereocenters. The van der Waals surface area contributed by atoms with E-state index in [1.54, 1.807) is 11.0 Å². The summed E-state index contributed by atoms with van der Waals surface area (Å²) >= 11 is 3.37. The Morgan fingerprint density at radius 2 is 2.15 bits per heavy atom. The van der Waals surface area contributed by atoms with Crippen LogP contribution in [-0.2, 0) is 11.3 Å². The SMILES string of the molecule is CCn1cc(Br)cc1C(=O)N1CCC(CC)(C(=O)O)C1. The molecule has 1 aliphatic rings. The number of aromatic nitrogens is 1. The van der Waals surface area contributed by atoms with E-state index in [9.17, 15) is 14.7 Å². The van der Waals surface area contributed by atoms with Gasteiger partial charge in [0.05, 0.1) is 5.41 Å². The van der Waals surface area contributed by atoms with Crippen LogP contribution in [0.15, 0.2) is 16.7 Å². The van der Waals surface area contributed by atoms with E-state index in [-0.39, 0.29) is 5.91 Å². The maximum atomic E-state index is 12.6. The van der Waals surface area contributed by atoms with Crippen LogP contribution in [0, 0.1) is 5.41 Å². The van der Waals surface area contributed by atoms with E-state index in [1.807, 2.05) is 24.6 Å². The third kappa shape index (κ3) is 2.49. The zero-order valence-electron chi connectivity index (χ0n) is 11.7. The topological polar surface area (TPSA) is 62.5 Å². The number of rotatable bonds is 4. The molecule has 0 bridgehead atoms. The molecule has 6 heteroatoms. The molecular weight excluding hydrogens is 324 g/mol. The van der Waals surface area contributed by atoms with Crippen molar-refractivity contribution in [1.29, 1.82) is 0 Å². The maximum Gasteiger partial charge on any atom is 0.311 e. The predicted octanol–water partition coefficient (Wildman–Crippen LogP) is 2.60. The summed E-state index contributed by atoms with van der Waals surface area (Å²) in [5, 5.41) is 9.39. The monoisotopic (exact) mass is 342 g/mol. The Kier molecular flexibility index (Phi) is 4.22. The van der Waals surface area contributed by atoms with Crippen LogP contribution in [0.3, 0.4) is 0 Å². The van der Waals surface area contributed by atoms with Crippen molar-refractivity contribution < 1.29 is 14.7 Å². The number of carbonyl (C=O) groups excluding carboxylic acids is 1. The first-order chi connectivity index (χ1) is 9.43. The molecule has 110 valence electrons. The minimum Gasteiger partial charge on any atom is -0.481 e. The second-order valence-corrected chi connectivity index (χ2v) is 6.16. The van der Waals surface area contributed by atoms with Crippen molar-refractivity contribution in [3.05, 3.63) is 22.4 Å². The third-order valence-corrected chi connectivity index (χ3v) is 4.63. The number of carboxylic acids is 1. The van der Waals surface area contributed by atoms with Crippen LogP contribution in [0.25, 0.3) is 0 Å². The molecule has 0 saturated carbocycles. The van der Waals surface area contributed by atoms with Crippen LogP contribution in [0.4, 0.5) is 0 Å². The number of amides is 1. The van der Waals surface area contributed by atoms with Gasteiger partial charge in [-0.2, -0.15) is 0 Å². The largest absolute Gasteiger partial charge is 0.481 e. The summed E-state index contributed by atoms with van der Waals surface area (Å²) in [6, 6.07) is 1.79. The molecule has 1 unspecified atom stereocenters. The lowest BCUT2D eigenvalue weighted by atomic mass is 9.84. The van der Waals surface area contributed by atoms with E-state index >= 15 is 0 Å². The standard InChI is InChI=1S/C14H19BrN2O3/c1-3-14(13(19)20)5-6-17(9-14)12(18)11-7-10(15)8-16(11)4-2/h7-8H,3-6,9H2,1-2H3,(H,19,20). The molecule has 1 N–H and O–H groups in total. The van der Waals surface area contributed by atoms with Gasteiger partial charge in [0.25, 0.3) is 5.91 Å². The first-order valence-corrected chi connectivity index (χ1v) is 7.61. The molecular formula is C14H19BrN2O3. The molecule has 0 aromatic carbocycles. The van der Waals surface area contributed by atoms with Gasteiger partial charge < -0.3 is 14.6 Å². The number of nitrogens with zero attached hydrogens (tertiary/aromatic N) is 2. The summed E-state index contributed by atoms with van der Waals surface area (Å²) in [7, 11) is 0. The molecule has 5 nitrogen and oxygen atoms in total. The minimum atomic E-state index is -0.803. The molecule has 1 aromatic rings. The second kappa shape index (κ2) is 5.60. The van der Waals surface area contributed by atoms with Crippen LogP contribution in [0.2, 0.25) is 0 Å². The Morgan fingerprint density at radius 3 is 2.65 bits per heavy atom. The lowest BCUT2D eigenvalue weighted by Crippen LogP contribution is -2.37. The van der Waals surface area contributed by atoms with E-state index in [0.29, 0.717) is 38.2 Å². The number of hydrogen-bond donors (Lipinski definition) is 1. The Hall–Kier alpha value is -1.30. The molecule has 1 saturated heterocycles. The van der Waals surface area contributed by atoms with Crippen molar-refractivity contribution in [2.45, 2.75) is 33.2 Å². The quantitative estimate of drug-likeness (QED) is 0.914. The molecule has 0 aliphatic carbocycles. The van der Waals surface area contributed by atoms with Crippen molar-refractivity contribution in [2.24, 2.45) is 5.41 Å². The Morgan fingerprint density at radius 1 is 1.45 bits per heavy atom. The van der Waals surface area contributed by atoms with Gasteiger partial charge in [-0.15, -0.1) is 0 Å². The van der Waals surface area contributed by atoms with E-state index in [1.165, 1.54) is 0 Å². The predicted molar refractivity (Wildman–Crippen MR) is 78.7 cm³/mol. The van der Waals surface area contributed by atoms with Gasteiger partial charge in [0, 0.05) is 30.3 Å². The Balaban J connectivity index is 2.21. The molecule has 2 rings (SSSR count). The van der Waals surface area contributed by atoms with Gasteiger partial charge in [-0.1, -0.05) is 6.92 Å². The Bertz CT molecular complexity index is 541. The van der Waals surface area contributed by atoms with Gasteiger partial charge in [-0.25, -0.2) is 0 Å². The van der Waals surface area contributed by atoms with Gasteiger partial charge in [-0.05, 0) is 41.8 Å². The van der Waals surface area contributed by atoms with Gasteiger partial charge in [0.2, 0.25) is 0 Å². The average molecular weight is 343 g/mol. The van der Waals surface area contributed by atoms with E-state index in [4.69, 9.17) is 0 Å². The van der Waals surface area contributed by atoms with Crippen molar-refractivity contribution in [3.8, 4) is 0 Å². The minimum absolute atomic E-state index is 0.0888. The highest BCUT2D eigenvalue weighted by molar-refractivity contribution is 9.10. The zero-order valence-corrected chi connectivity index (χ0v) is 13.3. The fourth-order valence-corrected chi connectivity index (χ4v) is 3.20. The van der Waals surface area contributed by atoms with Gasteiger partial charge in [0.1, 0.15) is 5.69 Å². The summed E-state index contributed by atoms with van der Waals surface area (Å²) in [5.74, 6) is -0.892. The van der Waals surface area contributed by atoms with Gasteiger partial charge in [0.15, 0.2) is 0 Å². The first kappa shape index (κ1) is 15.1. The second-order valence-electron chi connectivity index (χ2n) is 5.25. The summed E-state index contributed by atoms with van der Waals surface area (Å²) in [4.78, 5) is 25.7. The number of likely N-dealkylation sites (tertiary alicyclic amines) is 1. The fraction of sp³-hybridized carbons (Fsp3) is 0.571. The van der Waals surface area contributed by atoms with Crippen LogP contribution in [-0.4, -0.2) is 39.5 Å². The highest BCUT2D eigenvalue weighted by Crippen LogP contribution is 2.35. The zero-order chi connectivity index (χ0) is 14.9. The number of carbonyl (C=O) groups is 2. The number of halogens is 1. The summed E-state index contributed by atoms with van der Waals surface area (Å²) in [5.41, 5.74) is -0.173. The van der Waals surface area contributed by atoms with Crippen LogP contribution in [0.5, 0.6) is 0 Å². The Labute approximate surface area is 126 Å². The highest BCUT2D eigenvalue weighted by Gasteiger charge is 2.45. The van der Waals surface area contributed by atoms with Crippen molar-refractivity contribution >= 4 is 27.8 Å². The lowest BCUT2D eigenvalue weighted by molar-refractivity contribution is -0.148. The number of carboxylic acid groups (broad SMARTS) is 1. The molecule has 0 spiro atoms. The fourth-order valence-electron chi connectivity index (χ4n) is 2.74. The first-order valence-electron chi connectivity index (χ1n) is 6.82. The lowest BCUT2D eigenvalue weighted by Gasteiger charge is -2.23.